The minimum Gasteiger partial charge on any atom is -0.305 e. The van der Waals surface area contributed by atoms with Crippen molar-refractivity contribution in [3.63, 3.8) is 0 Å². The lowest BCUT2D eigenvalue weighted by Crippen LogP contribution is -2.47. The first-order chi connectivity index (χ1) is 7.68. The van der Waals surface area contributed by atoms with Gasteiger partial charge >= 0.3 is 0 Å². The van der Waals surface area contributed by atoms with Crippen LogP contribution in [-0.4, -0.2) is 22.9 Å². The van der Waals surface area contributed by atoms with Crippen molar-refractivity contribution >= 4 is 5.78 Å². The van der Waals surface area contributed by atoms with Crippen LogP contribution in [0, 0.1) is 6.92 Å². The number of pyridine rings is 1. The van der Waals surface area contributed by atoms with Gasteiger partial charge < -0.3 is 5.32 Å². The number of hydrogen-bond donors (Lipinski definition) is 1. The molecule has 1 aromatic rings. The summed E-state index contributed by atoms with van der Waals surface area (Å²) in [5, 5.41) is 3.36. The molecule has 0 saturated carbocycles. The zero-order valence-electron chi connectivity index (χ0n) is 9.92. The number of nitrogens with one attached hydrogen (secondary N) is 1. The molecule has 2 heterocycles. The van der Waals surface area contributed by atoms with Gasteiger partial charge in [-0.3, -0.25) is 9.78 Å². The molecule has 16 heavy (non-hydrogen) atoms. The van der Waals surface area contributed by atoms with E-state index >= 15 is 0 Å². The van der Waals surface area contributed by atoms with E-state index in [-0.39, 0.29) is 11.3 Å². The van der Waals surface area contributed by atoms with Gasteiger partial charge in [-0.2, -0.15) is 0 Å². The Bertz CT molecular complexity index is 395. The van der Waals surface area contributed by atoms with Crippen molar-refractivity contribution in [2.75, 3.05) is 6.54 Å². The summed E-state index contributed by atoms with van der Waals surface area (Å²) in [7, 11) is 0. The number of hydrogen-bond acceptors (Lipinski definition) is 3. The molecule has 1 atom stereocenters. The number of rotatable bonds is 3. The Morgan fingerprint density at radius 3 is 2.94 bits per heavy atom. The van der Waals surface area contributed by atoms with Gasteiger partial charge in [-0.05, 0) is 44.4 Å². The van der Waals surface area contributed by atoms with Gasteiger partial charge in [0, 0.05) is 18.0 Å². The molecule has 0 bridgehead atoms. The highest BCUT2D eigenvalue weighted by Gasteiger charge is 2.39. The SMILES string of the molecule is CCC1(C(=O)c2cncc(C)c2)CCCN1. The normalized spacial score (nSPS) is 24.6. The van der Waals surface area contributed by atoms with Crippen molar-refractivity contribution in [2.45, 2.75) is 38.6 Å². The molecular weight excluding hydrogens is 200 g/mol. The van der Waals surface area contributed by atoms with E-state index in [1.54, 1.807) is 12.4 Å². The number of aryl methyl sites for hydroxylation is 1. The van der Waals surface area contributed by atoms with E-state index in [1.807, 2.05) is 13.0 Å². The van der Waals surface area contributed by atoms with Crippen LogP contribution < -0.4 is 5.32 Å². The zero-order chi connectivity index (χ0) is 11.6. The number of nitrogens with zero attached hydrogens (tertiary/aromatic N) is 1. The number of carbonyl (C=O) groups is 1. The molecule has 2 rings (SSSR count). The van der Waals surface area contributed by atoms with Gasteiger partial charge in [0.1, 0.15) is 0 Å². The second-order valence-electron chi connectivity index (χ2n) is 4.55. The molecular formula is C13H18N2O. The molecule has 0 aromatic carbocycles. The van der Waals surface area contributed by atoms with Crippen molar-refractivity contribution in [2.24, 2.45) is 0 Å². The third kappa shape index (κ3) is 1.87. The summed E-state index contributed by atoms with van der Waals surface area (Å²) >= 11 is 0. The fourth-order valence-corrected chi connectivity index (χ4v) is 2.42. The standard InChI is InChI=1S/C13H18N2O/c1-3-13(5-4-6-15-13)12(16)11-7-10(2)8-14-9-11/h7-9,15H,3-6H2,1-2H3. The fraction of sp³-hybridized carbons (Fsp3) is 0.538. The van der Waals surface area contributed by atoms with Crippen molar-refractivity contribution in [1.29, 1.82) is 0 Å². The van der Waals surface area contributed by atoms with E-state index < -0.39 is 0 Å². The van der Waals surface area contributed by atoms with Gasteiger partial charge in [0.05, 0.1) is 5.54 Å². The highest BCUT2D eigenvalue weighted by Crippen LogP contribution is 2.27. The largest absolute Gasteiger partial charge is 0.305 e. The first kappa shape index (κ1) is 11.3. The number of Topliss-reactive ketones (excluding diaryl/α,β-unsaturated/α-hetero) is 1. The average Bonchev–Trinajstić information content (AvgIpc) is 2.78. The van der Waals surface area contributed by atoms with E-state index in [9.17, 15) is 4.79 Å². The molecule has 86 valence electrons. The maximum Gasteiger partial charge on any atom is 0.184 e. The fourth-order valence-electron chi connectivity index (χ4n) is 2.42. The van der Waals surface area contributed by atoms with E-state index in [0.29, 0.717) is 0 Å². The van der Waals surface area contributed by atoms with Crippen LogP contribution in [0.15, 0.2) is 18.5 Å². The predicted octanol–water partition coefficient (Wildman–Crippen LogP) is 2.10. The van der Waals surface area contributed by atoms with Crippen LogP contribution in [0.25, 0.3) is 0 Å². The van der Waals surface area contributed by atoms with Crippen LogP contribution in [0.4, 0.5) is 0 Å². The Balaban J connectivity index is 2.30. The lowest BCUT2D eigenvalue weighted by atomic mass is 9.86. The van der Waals surface area contributed by atoms with Gasteiger partial charge in [-0.1, -0.05) is 6.92 Å². The minimum atomic E-state index is -0.338. The Hall–Kier alpha value is -1.22. The van der Waals surface area contributed by atoms with Gasteiger partial charge in [-0.25, -0.2) is 0 Å². The predicted molar refractivity (Wildman–Crippen MR) is 63.6 cm³/mol. The van der Waals surface area contributed by atoms with Gasteiger partial charge in [0.2, 0.25) is 0 Å². The summed E-state index contributed by atoms with van der Waals surface area (Å²) in [5.41, 5.74) is 1.43. The van der Waals surface area contributed by atoms with Gasteiger partial charge in [-0.15, -0.1) is 0 Å². The summed E-state index contributed by atoms with van der Waals surface area (Å²) in [6.45, 7) is 4.97. The average molecular weight is 218 g/mol. The monoisotopic (exact) mass is 218 g/mol. The second kappa shape index (κ2) is 4.34. The lowest BCUT2D eigenvalue weighted by molar-refractivity contribution is 0.0863. The Morgan fingerprint density at radius 1 is 1.56 bits per heavy atom. The molecule has 1 aliphatic heterocycles. The van der Waals surface area contributed by atoms with Crippen molar-refractivity contribution in [1.82, 2.24) is 10.3 Å². The molecule has 1 unspecified atom stereocenters. The molecule has 3 heteroatoms. The maximum absolute atomic E-state index is 12.4. The third-order valence-electron chi connectivity index (χ3n) is 3.42. The van der Waals surface area contributed by atoms with Crippen LogP contribution in [0.3, 0.4) is 0 Å². The van der Waals surface area contributed by atoms with E-state index in [1.165, 1.54) is 0 Å². The number of aromatic nitrogens is 1. The first-order valence-corrected chi connectivity index (χ1v) is 5.89. The molecule has 1 aromatic heterocycles. The second-order valence-corrected chi connectivity index (χ2v) is 4.55. The smallest absolute Gasteiger partial charge is 0.184 e. The molecule has 0 aliphatic carbocycles. The van der Waals surface area contributed by atoms with Gasteiger partial charge in [0.15, 0.2) is 5.78 Å². The maximum atomic E-state index is 12.4. The highest BCUT2D eigenvalue weighted by molar-refractivity contribution is 6.03. The molecule has 0 radical (unpaired) electrons. The lowest BCUT2D eigenvalue weighted by Gasteiger charge is -2.26. The van der Waals surface area contributed by atoms with E-state index in [4.69, 9.17) is 0 Å². The minimum absolute atomic E-state index is 0.198. The zero-order valence-corrected chi connectivity index (χ0v) is 9.92. The van der Waals surface area contributed by atoms with E-state index in [0.717, 1.165) is 36.9 Å². The quantitative estimate of drug-likeness (QED) is 0.790. The molecule has 0 amide bonds. The Labute approximate surface area is 96.3 Å². The van der Waals surface area contributed by atoms with Gasteiger partial charge in [0.25, 0.3) is 0 Å². The van der Waals surface area contributed by atoms with Crippen LogP contribution >= 0.6 is 0 Å². The summed E-state index contributed by atoms with van der Waals surface area (Å²) in [5.74, 6) is 0.198. The summed E-state index contributed by atoms with van der Waals surface area (Å²) in [6.07, 6.45) is 6.32. The van der Waals surface area contributed by atoms with Crippen LogP contribution in [0.1, 0.15) is 42.1 Å². The van der Waals surface area contributed by atoms with E-state index in [2.05, 4.69) is 17.2 Å². The van der Waals surface area contributed by atoms with Crippen LogP contribution in [-0.2, 0) is 0 Å². The topological polar surface area (TPSA) is 42.0 Å². The number of ketones is 1. The molecule has 1 saturated heterocycles. The first-order valence-electron chi connectivity index (χ1n) is 5.89. The van der Waals surface area contributed by atoms with Crippen molar-refractivity contribution in [3.05, 3.63) is 29.6 Å². The summed E-state index contributed by atoms with van der Waals surface area (Å²) in [6, 6.07) is 1.92. The molecule has 1 N–H and O–H groups in total. The third-order valence-corrected chi connectivity index (χ3v) is 3.42. The van der Waals surface area contributed by atoms with Crippen molar-refractivity contribution in [3.8, 4) is 0 Å². The molecule has 1 aliphatic rings. The van der Waals surface area contributed by atoms with Crippen molar-refractivity contribution < 1.29 is 4.79 Å². The molecule has 3 nitrogen and oxygen atoms in total. The Kier molecular flexibility index (Phi) is 3.06. The summed E-state index contributed by atoms with van der Waals surface area (Å²) in [4.78, 5) is 16.5. The number of carbonyl (C=O) groups excluding carboxylic acids is 1. The highest BCUT2D eigenvalue weighted by atomic mass is 16.1. The summed E-state index contributed by atoms with van der Waals surface area (Å²) < 4.78 is 0. The molecule has 1 fully saturated rings. The Morgan fingerprint density at radius 2 is 2.38 bits per heavy atom. The molecule has 0 spiro atoms. The van der Waals surface area contributed by atoms with Crippen LogP contribution in [0.2, 0.25) is 0 Å². The van der Waals surface area contributed by atoms with Crippen LogP contribution in [0.5, 0.6) is 0 Å².